The quantitative estimate of drug-likeness (QED) is 0.385. The van der Waals surface area contributed by atoms with Crippen molar-refractivity contribution in [2.24, 2.45) is 34.0 Å². The fourth-order valence-electron chi connectivity index (χ4n) is 8.52. The smallest absolute Gasteiger partial charge is 0.409 e. The van der Waals surface area contributed by atoms with E-state index in [0.717, 1.165) is 42.7 Å². The highest BCUT2D eigenvalue weighted by atomic mass is 35.5. The van der Waals surface area contributed by atoms with Crippen LogP contribution in [-0.4, -0.2) is 30.7 Å². The highest BCUT2D eigenvalue weighted by Gasteiger charge is 2.76. The predicted molar refractivity (Wildman–Crippen MR) is 138 cm³/mol. The van der Waals surface area contributed by atoms with Crippen LogP contribution in [0.1, 0.15) is 55.2 Å². The third kappa shape index (κ3) is 3.84. The van der Waals surface area contributed by atoms with Crippen LogP contribution in [0.25, 0.3) is 0 Å². The minimum Gasteiger partial charge on any atom is -0.449 e. The van der Waals surface area contributed by atoms with Gasteiger partial charge in [0.15, 0.2) is 0 Å². The van der Waals surface area contributed by atoms with E-state index in [-0.39, 0.29) is 16.9 Å². The van der Waals surface area contributed by atoms with Crippen LogP contribution in [0.5, 0.6) is 0 Å². The van der Waals surface area contributed by atoms with Crippen LogP contribution in [0.15, 0.2) is 36.4 Å². The van der Waals surface area contributed by atoms with Crippen LogP contribution in [0, 0.1) is 57.0 Å². The number of rotatable bonds is 7. The minimum atomic E-state index is -0.441. The Bertz CT molecular complexity index is 1380. The Kier molecular flexibility index (Phi) is 5.41. The molecule has 4 saturated carbocycles. The summed E-state index contributed by atoms with van der Waals surface area (Å²) in [6.07, 6.45) is 7.30. The predicted octanol–water partition coefficient (Wildman–Crippen LogP) is 6.93. The van der Waals surface area contributed by atoms with E-state index < -0.39 is 11.6 Å². The molecule has 0 bridgehead atoms. The van der Waals surface area contributed by atoms with Crippen LogP contribution in [0.4, 0.5) is 13.6 Å². The lowest BCUT2D eigenvalue weighted by Gasteiger charge is -2.24. The molecule has 4 nitrogen and oxygen atoms in total. The molecule has 1 saturated heterocycles. The first kappa shape index (κ1) is 24.4. The average Bonchev–Trinajstić information content (AvgIpc) is 3.82. The van der Waals surface area contributed by atoms with Crippen molar-refractivity contribution in [3.8, 4) is 6.07 Å². The molecule has 4 aliphatic carbocycles. The summed E-state index contributed by atoms with van der Waals surface area (Å²) in [6.45, 7) is 1.76. The molecule has 5 fully saturated rings. The number of halogens is 3. The summed E-state index contributed by atoms with van der Waals surface area (Å²) in [5, 5.41) is 9.61. The number of nitriles is 1. The number of amides is 1. The summed E-state index contributed by atoms with van der Waals surface area (Å²) >= 11 is 6.26. The van der Waals surface area contributed by atoms with Gasteiger partial charge in [0, 0.05) is 13.1 Å². The zero-order valence-electron chi connectivity index (χ0n) is 21.3. The van der Waals surface area contributed by atoms with Crippen molar-refractivity contribution in [3.63, 3.8) is 0 Å². The molecule has 0 radical (unpaired) electrons. The Morgan fingerprint density at radius 1 is 1.21 bits per heavy atom. The number of carbonyl (C=O) groups is 1. The molecular weight excluding hydrogens is 506 g/mol. The third-order valence-electron chi connectivity index (χ3n) is 10.9. The molecule has 5 aliphatic rings. The van der Waals surface area contributed by atoms with Gasteiger partial charge in [-0.15, -0.1) is 0 Å². The average molecular weight is 537 g/mol. The molecule has 1 amide bonds. The molecule has 6 atom stereocenters. The van der Waals surface area contributed by atoms with Gasteiger partial charge >= 0.3 is 6.09 Å². The number of hydrogen-bond donors (Lipinski definition) is 0. The van der Waals surface area contributed by atoms with Crippen molar-refractivity contribution in [2.45, 2.75) is 51.4 Å². The van der Waals surface area contributed by atoms with Gasteiger partial charge in [-0.3, -0.25) is 0 Å². The SMILES string of the molecule is N#Cc1ccc(CCC2(Cc3cc(F)ccc3F)C[C@]23CCN(C(=O)OCC2CC4CC45CC25)C3)cc1Cl. The Hall–Kier alpha value is -2.65. The second-order valence-corrected chi connectivity index (χ2v) is 13.2. The Morgan fingerprint density at radius 2 is 2.08 bits per heavy atom. The number of hydrogen-bond acceptors (Lipinski definition) is 3. The number of carbonyl (C=O) groups excluding carboxylic acids is 1. The normalized spacial score (nSPS) is 35.5. The summed E-state index contributed by atoms with van der Waals surface area (Å²) < 4.78 is 34.6. The zero-order chi connectivity index (χ0) is 26.3. The van der Waals surface area contributed by atoms with Crippen LogP contribution in [-0.2, 0) is 17.6 Å². The van der Waals surface area contributed by atoms with Gasteiger partial charge in [0.25, 0.3) is 0 Å². The van der Waals surface area contributed by atoms with Gasteiger partial charge < -0.3 is 9.64 Å². The van der Waals surface area contributed by atoms with Crippen molar-refractivity contribution in [2.75, 3.05) is 19.7 Å². The van der Waals surface area contributed by atoms with Crippen LogP contribution in [0.3, 0.4) is 0 Å². The Morgan fingerprint density at radius 3 is 2.82 bits per heavy atom. The van der Waals surface area contributed by atoms with Crippen molar-refractivity contribution < 1.29 is 18.3 Å². The molecule has 0 aromatic heterocycles. The maximum Gasteiger partial charge on any atom is 0.409 e. The number of ether oxygens (including phenoxy) is 1. The van der Waals surface area contributed by atoms with E-state index in [1.165, 1.54) is 31.4 Å². The zero-order valence-corrected chi connectivity index (χ0v) is 22.1. The fraction of sp³-hybridized carbons (Fsp3) is 0.548. The maximum atomic E-state index is 14.7. The lowest BCUT2D eigenvalue weighted by Crippen LogP contribution is -2.32. The van der Waals surface area contributed by atoms with Gasteiger partial charge in [0.05, 0.1) is 17.2 Å². The van der Waals surface area contributed by atoms with E-state index in [1.807, 2.05) is 17.0 Å². The van der Waals surface area contributed by atoms with Crippen molar-refractivity contribution in [1.82, 2.24) is 4.90 Å². The molecule has 0 N–H and O–H groups in total. The molecular formula is C31H31ClF2N2O2. The van der Waals surface area contributed by atoms with Gasteiger partial charge in [-0.2, -0.15) is 5.26 Å². The molecule has 5 unspecified atom stereocenters. The lowest BCUT2D eigenvalue weighted by atomic mass is 9.81. The molecule has 1 heterocycles. The van der Waals surface area contributed by atoms with Crippen molar-refractivity contribution in [3.05, 3.63) is 69.7 Å². The summed E-state index contributed by atoms with van der Waals surface area (Å²) in [7, 11) is 0. The number of aryl methyl sites for hydroxylation is 1. The Labute approximate surface area is 226 Å². The first-order valence-corrected chi connectivity index (χ1v) is 14.2. The molecule has 2 aromatic rings. The highest BCUT2D eigenvalue weighted by molar-refractivity contribution is 6.31. The van der Waals surface area contributed by atoms with E-state index in [9.17, 15) is 18.8 Å². The lowest BCUT2D eigenvalue weighted by molar-refractivity contribution is 0.0875. The van der Waals surface area contributed by atoms with E-state index in [0.29, 0.717) is 60.0 Å². The van der Waals surface area contributed by atoms with Gasteiger partial charge in [0.2, 0.25) is 0 Å². The van der Waals surface area contributed by atoms with Gasteiger partial charge in [-0.25, -0.2) is 13.6 Å². The summed E-state index contributed by atoms with van der Waals surface area (Å²) in [6, 6.07) is 11.2. The highest BCUT2D eigenvalue weighted by Crippen LogP contribution is 2.83. The summed E-state index contributed by atoms with van der Waals surface area (Å²) in [4.78, 5) is 14.9. The van der Waals surface area contributed by atoms with Gasteiger partial charge in [0.1, 0.15) is 17.7 Å². The number of nitrogens with zero attached hydrogens (tertiary/aromatic N) is 2. The molecule has 1 aliphatic heterocycles. The third-order valence-corrected chi connectivity index (χ3v) is 11.2. The first-order chi connectivity index (χ1) is 18.3. The minimum absolute atomic E-state index is 0.128. The number of likely N-dealkylation sites (tertiary alicyclic amines) is 1. The van der Waals surface area contributed by atoms with Crippen molar-refractivity contribution in [1.29, 1.82) is 5.26 Å². The summed E-state index contributed by atoms with van der Waals surface area (Å²) in [5.41, 5.74) is 2.11. The molecule has 2 spiro atoms. The van der Waals surface area contributed by atoms with E-state index in [1.54, 1.807) is 6.07 Å². The second kappa shape index (κ2) is 8.42. The van der Waals surface area contributed by atoms with Crippen LogP contribution in [0.2, 0.25) is 5.02 Å². The fourth-order valence-corrected chi connectivity index (χ4v) is 8.77. The summed E-state index contributed by atoms with van der Waals surface area (Å²) in [5.74, 6) is 1.36. The molecule has 2 aromatic carbocycles. The van der Waals surface area contributed by atoms with Gasteiger partial charge in [-0.1, -0.05) is 17.7 Å². The largest absolute Gasteiger partial charge is 0.449 e. The number of benzene rings is 2. The molecule has 38 heavy (non-hydrogen) atoms. The molecule has 198 valence electrons. The van der Waals surface area contributed by atoms with Crippen LogP contribution >= 0.6 is 11.6 Å². The van der Waals surface area contributed by atoms with E-state index in [4.69, 9.17) is 16.3 Å². The van der Waals surface area contributed by atoms with E-state index in [2.05, 4.69) is 6.07 Å². The topological polar surface area (TPSA) is 53.3 Å². The van der Waals surface area contributed by atoms with Crippen molar-refractivity contribution >= 4 is 17.7 Å². The monoisotopic (exact) mass is 536 g/mol. The Balaban J connectivity index is 1.05. The van der Waals surface area contributed by atoms with E-state index >= 15 is 0 Å². The van der Waals surface area contributed by atoms with Crippen LogP contribution < -0.4 is 0 Å². The molecule has 7 heteroatoms. The maximum absolute atomic E-state index is 14.7. The molecule has 7 rings (SSSR count). The second-order valence-electron chi connectivity index (χ2n) is 12.8. The standard InChI is InChI=1S/C31H31ClF2N2O2/c32-26-9-19(1-2-20(26)15-35)5-6-29(12-21-11-24(33)3-4-27(21)34)17-30(29)7-8-36(18-30)28(37)38-16-22-10-23-13-31(23)14-25(22)31/h1-4,9,11,22-23,25H,5-8,10,12-14,16-18H2/t22?,23?,25?,29?,30-,31?/m0/s1. The van der Waals surface area contributed by atoms with Gasteiger partial charge in [-0.05, 0) is 127 Å². The first-order valence-electron chi connectivity index (χ1n) is 13.8.